The molecule has 0 aliphatic heterocycles. The summed E-state index contributed by atoms with van der Waals surface area (Å²) >= 11 is 0. The van der Waals surface area contributed by atoms with Crippen molar-refractivity contribution in [3.63, 3.8) is 0 Å². The van der Waals surface area contributed by atoms with Crippen LogP contribution in [0.3, 0.4) is 0 Å². The predicted molar refractivity (Wildman–Crippen MR) is 126 cm³/mol. The first-order chi connectivity index (χ1) is 16.4. The van der Waals surface area contributed by atoms with Crippen molar-refractivity contribution in [2.75, 3.05) is 6.61 Å². The van der Waals surface area contributed by atoms with Crippen molar-refractivity contribution < 1.29 is 17.9 Å². The maximum Gasteiger partial charge on any atom is 0.331 e. The predicted octanol–water partition coefficient (Wildman–Crippen LogP) is 5.22. The van der Waals surface area contributed by atoms with Crippen molar-refractivity contribution in [2.24, 2.45) is 5.73 Å². The van der Waals surface area contributed by atoms with Crippen LogP contribution in [0, 0.1) is 17.7 Å². The summed E-state index contributed by atoms with van der Waals surface area (Å²) in [5.41, 5.74) is 8.51. The van der Waals surface area contributed by atoms with Gasteiger partial charge in [-0.15, -0.1) is 0 Å². The van der Waals surface area contributed by atoms with Gasteiger partial charge in [0.05, 0.1) is 17.8 Å². The summed E-state index contributed by atoms with van der Waals surface area (Å²) in [7, 11) is 0. The van der Waals surface area contributed by atoms with Crippen LogP contribution in [-0.4, -0.2) is 27.1 Å². The van der Waals surface area contributed by atoms with E-state index >= 15 is 0 Å². The fourth-order valence-electron chi connectivity index (χ4n) is 3.15. The third-order valence-electron chi connectivity index (χ3n) is 4.74. The first-order valence-electron chi connectivity index (χ1n) is 10.8. The van der Waals surface area contributed by atoms with Crippen molar-refractivity contribution in [3.8, 4) is 23.1 Å². The van der Waals surface area contributed by atoms with E-state index in [4.69, 9.17) is 10.5 Å². The maximum atomic E-state index is 14.2. The molecule has 0 aliphatic rings. The maximum absolute atomic E-state index is 14.2. The molecule has 0 bridgehead atoms. The van der Waals surface area contributed by atoms with Crippen LogP contribution >= 0.6 is 0 Å². The summed E-state index contributed by atoms with van der Waals surface area (Å²) in [4.78, 5) is 4.22. The van der Waals surface area contributed by atoms with E-state index < -0.39 is 18.3 Å². The molecule has 0 spiro atoms. The molecular formula is C26H25F3N4O. The number of ether oxygens (including phenoxy) is 1. The quantitative estimate of drug-likeness (QED) is 0.396. The summed E-state index contributed by atoms with van der Waals surface area (Å²) in [6, 6.07) is 15.3. The Morgan fingerprint density at radius 3 is 2.56 bits per heavy atom. The second kappa shape index (κ2) is 11.5. The third kappa shape index (κ3) is 6.22. The molecule has 0 atom stereocenters. The molecule has 0 radical (unpaired) electrons. The summed E-state index contributed by atoms with van der Waals surface area (Å²) in [5.74, 6) is 0.672. The van der Waals surface area contributed by atoms with Crippen LogP contribution < -0.4 is 5.73 Å². The minimum Gasteiger partial charge on any atom is -0.369 e. The van der Waals surface area contributed by atoms with Crippen LogP contribution in [-0.2, 0) is 17.9 Å². The van der Waals surface area contributed by atoms with Gasteiger partial charge in [-0.05, 0) is 23.6 Å². The molecule has 4 aromatic rings. The number of hydrogen-bond acceptors (Lipinski definition) is 4. The number of fused-ring (bicyclic) bond motifs is 1. The fourth-order valence-corrected chi connectivity index (χ4v) is 3.15. The molecule has 0 saturated heterocycles. The van der Waals surface area contributed by atoms with E-state index in [1.807, 2.05) is 38.0 Å². The lowest BCUT2D eigenvalue weighted by Gasteiger charge is -2.10. The molecule has 8 heteroatoms. The van der Waals surface area contributed by atoms with E-state index in [-0.39, 0.29) is 13.2 Å². The second-order valence-electron chi connectivity index (χ2n) is 7.11. The summed E-state index contributed by atoms with van der Waals surface area (Å²) in [6.45, 7) is 3.34. The van der Waals surface area contributed by atoms with E-state index in [0.717, 1.165) is 5.56 Å². The Labute approximate surface area is 196 Å². The summed E-state index contributed by atoms with van der Waals surface area (Å²) < 4.78 is 49.0. The first-order valence-corrected chi connectivity index (χ1v) is 10.8. The lowest BCUT2D eigenvalue weighted by atomic mass is 10.1. The van der Waals surface area contributed by atoms with Gasteiger partial charge in [0.1, 0.15) is 18.8 Å². The highest BCUT2D eigenvalue weighted by atomic mass is 19.3. The largest absolute Gasteiger partial charge is 0.369 e. The fraction of sp³-hybridized carbons (Fsp3) is 0.231. The van der Waals surface area contributed by atoms with Crippen molar-refractivity contribution in [1.29, 1.82) is 0 Å². The lowest BCUT2D eigenvalue weighted by molar-refractivity contribution is -0.0385. The molecule has 2 aromatic carbocycles. The van der Waals surface area contributed by atoms with Crippen LogP contribution in [0.5, 0.6) is 0 Å². The molecule has 0 unspecified atom stereocenters. The van der Waals surface area contributed by atoms with Gasteiger partial charge in [0.2, 0.25) is 0 Å². The lowest BCUT2D eigenvalue weighted by Crippen LogP contribution is -2.21. The number of halogens is 3. The van der Waals surface area contributed by atoms with Gasteiger partial charge in [-0.1, -0.05) is 62.2 Å². The zero-order valence-corrected chi connectivity index (χ0v) is 18.9. The van der Waals surface area contributed by atoms with Crippen molar-refractivity contribution in [3.05, 3.63) is 89.6 Å². The van der Waals surface area contributed by atoms with Gasteiger partial charge in [-0.3, -0.25) is 0 Å². The van der Waals surface area contributed by atoms with Crippen LogP contribution in [0.1, 0.15) is 30.5 Å². The van der Waals surface area contributed by atoms with Crippen LogP contribution in [0.2, 0.25) is 0 Å². The van der Waals surface area contributed by atoms with E-state index in [0.29, 0.717) is 27.9 Å². The van der Waals surface area contributed by atoms with Crippen molar-refractivity contribution >= 4 is 5.52 Å². The second-order valence-corrected chi connectivity index (χ2v) is 7.11. The number of hydrogen-bond donors (Lipinski definition) is 1. The third-order valence-corrected chi connectivity index (χ3v) is 4.74. The average molecular weight is 467 g/mol. The minimum absolute atomic E-state index is 0.0761. The highest BCUT2D eigenvalue weighted by Crippen LogP contribution is 2.25. The smallest absolute Gasteiger partial charge is 0.331 e. The zero-order valence-electron chi connectivity index (χ0n) is 18.9. The van der Waals surface area contributed by atoms with Crippen LogP contribution in [0.15, 0.2) is 67.1 Å². The Bertz CT molecular complexity index is 1290. The van der Waals surface area contributed by atoms with Gasteiger partial charge >= 0.3 is 5.92 Å². The summed E-state index contributed by atoms with van der Waals surface area (Å²) in [5, 5.41) is 4.08. The van der Waals surface area contributed by atoms with Crippen LogP contribution in [0.25, 0.3) is 16.8 Å². The van der Waals surface area contributed by atoms with Gasteiger partial charge in [0, 0.05) is 29.4 Å². The highest BCUT2D eigenvalue weighted by molar-refractivity contribution is 5.77. The molecule has 2 heterocycles. The van der Waals surface area contributed by atoms with E-state index in [9.17, 15) is 13.2 Å². The number of nitrogens with two attached hydrogens (primary N) is 1. The Kier molecular flexibility index (Phi) is 8.41. The minimum atomic E-state index is -3.32. The summed E-state index contributed by atoms with van der Waals surface area (Å²) in [6.07, 6.45) is 2.82. The monoisotopic (exact) mass is 466 g/mol. The molecule has 5 nitrogen and oxygen atoms in total. The van der Waals surface area contributed by atoms with Gasteiger partial charge < -0.3 is 10.5 Å². The Hall–Kier alpha value is -3.67. The molecule has 34 heavy (non-hydrogen) atoms. The van der Waals surface area contributed by atoms with Crippen molar-refractivity contribution in [2.45, 2.75) is 32.9 Å². The number of alkyl halides is 2. The Morgan fingerprint density at radius 1 is 1.09 bits per heavy atom. The number of benzene rings is 2. The highest BCUT2D eigenvalue weighted by Gasteiger charge is 2.26. The molecule has 0 aliphatic carbocycles. The SMILES string of the molecule is CC.NCc1ccc(-c2ncnn3cc(C#CC(F)(F)COCc4ccccc4)cc23)cc1F. The number of aromatic nitrogens is 3. The Balaban J connectivity index is 0.00000158. The topological polar surface area (TPSA) is 65.4 Å². The average Bonchev–Trinajstić information content (AvgIpc) is 3.28. The van der Waals surface area contributed by atoms with Gasteiger partial charge in [0.15, 0.2) is 0 Å². The van der Waals surface area contributed by atoms with Crippen LogP contribution in [0.4, 0.5) is 13.2 Å². The molecule has 2 aromatic heterocycles. The molecule has 4 rings (SSSR count). The number of rotatable bonds is 6. The standard InChI is InChI=1S/C24H19F3N4O.C2H6/c25-21-11-19(6-7-20(21)12-28)23-22-10-18(13-31(22)30-16-29-23)8-9-24(26,27)15-32-14-17-4-2-1-3-5-17;1-2/h1-7,10-11,13,16H,12,14-15,28H2;1-2H3. The molecule has 0 saturated carbocycles. The van der Waals surface area contributed by atoms with Crippen molar-refractivity contribution in [1.82, 2.24) is 14.6 Å². The molecular weight excluding hydrogens is 441 g/mol. The first kappa shape index (κ1) is 25.0. The van der Waals surface area contributed by atoms with E-state index in [2.05, 4.69) is 16.0 Å². The molecule has 0 amide bonds. The molecule has 2 N–H and O–H groups in total. The van der Waals surface area contributed by atoms with E-state index in [1.165, 1.54) is 23.1 Å². The van der Waals surface area contributed by atoms with Gasteiger partial charge in [0.25, 0.3) is 0 Å². The van der Waals surface area contributed by atoms with Gasteiger partial charge in [-0.2, -0.15) is 13.9 Å². The number of nitrogens with zero attached hydrogens (tertiary/aromatic N) is 3. The van der Waals surface area contributed by atoms with E-state index in [1.54, 1.807) is 30.3 Å². The normalized spacial score (nSPS) is 10.9. The molecule has 0 fully saturated rings. The molecule has 176 valence electrons. The zero-order chi connectivity index (χ0) is 24.6. The van der Waals surface area contributed by atoms with Gasteiger partial charge in [-0.25, -0.2) is 13.9 Å². The Morgan fingerprint density at radius 2 is 1.85 bits per heavy atom.